The first-order valence-corrected chi connectivity index (χ1v) is 8.85. The first kappa shape index (κ1) is 14.0. The normalized spacial score (nSPS) is 19.0. The van der Waals surface area contributed by atoms with Crippen LogP contribution in [0.2, 0.25) is 0 Å². The van der Waals surface area contributed by atoms with Gasteiger partial charge in [-0.2, -0.15) is 0 Å². The third-order valence-electron chi connectivity index (χ3n) is 3.78. The average molecular weight is 308 g/mol. The van der Waals surface area contributed by atoms with Crippen LogP contribution in [0.3, 0.4) is 0 Å². The van der Waals surface area contributed by atoms with Gasteiger partial charge in [-0.25, -0.2) is 4.99 Å². The molecule has 3 nitrogen and oxygen atoms in total. The Bertz CT molecular complexity index is 651. The second kappa shape index (κ2) is 5.84. The molecule has 2 heterocycles. The summed E-state index contributed by atoms with van der Waals surface area (Å²) in [5.74, 6) is 0.461. The van der Waals surface area contributed by atoms with E-state index in [-0.39, 0.29) is 6.61 Å². The van der Waals surface area contributed by atoms with E-state index < -0.39 is 0 Å². The van der Waals surface area contributed by atoms with Gasteiger partial charge >= 0.3 is 0 Å². The first-order chi connectivity index (χ1) is 9.70. The van der Waals surface area contributed by atoms with Crippen LogP contribution in [0.5, 0.6) is 0 Å². The summed E-state index contributed by atoms with van der Waals surface area (Å²) in [5.41, 5.74) is 2.74. The maximum atomic E-state index is 9.30. The van der Waals surface area contributed by atoms with Crippen LogP contribution in [0.1, 0.15) is 48.4 Å². The Kier molecular flexibility index (Phi) is 4.10. The maximum absolute atomic E-state index is 9.30. The summed E-state index contributed by atoms with van der Waals surface area (Å²) in [7, 11) is 0. The van der Waals surface area contributed by atoms with Crippen molar-refractivity contribution >= 4 is 22.7 Å². The van der Waals surface area contributed by atoms with Crippen molar-refractivity contribution in [2.75, 3.05) is 6.61 Å². The number of aryl methyl sites for hydroxylation is 1. The van der Waals surface area contributed by atoms with Crippen molar-refractivity contribution in [3.63, 3.8) is 0 Å². The van der Waals surface area contributed by atoms with Crippen molar-refractivity contribution in [3.05, 3.63) is 37.8 Å². The summed E-state index contributed by atoms with van der Waals surface area (Å²) in [6.45, 7) is 5.18. The van der Waals surface area contributed by atoms with Gasteiger partial charge < -0.3 is 9.67 Å². The minimum atomic E-state index is 0.165. The van der Waals surface area contributed by atoms with E-state index in [1.807, 2.05) is 11.3 Å². The predicted octanol–water partition coefficient (Wildman–Crippen LogP) is 3.32. The van der Waals surface area contributed by atoms with Gasteiger partial charge in [0.05, 0.1) is 12.6 Å². The summed E-state index contributed by atoms with van der Waals surface area (Å²) in [5, 5.41) is 13.7. The summed E-state index contributed by atoms with van der Waals surface area (Å²) >= 11 is 3.52. The number of aromatic nitrogens is 1. The van der Waals surface area contributed by atoms with Crippen molar-refractivity contribution in [1.82, 2.24) is 4.57 Å². The summed E-state index contributed by atoms with van der Waals surface area (Å²) in [4.78, 5) is 7.45. The first-order valence-electron chi connectivity index (χ1n) is 7.10. The van der Waals surface area contributed by atoms with Gasteiger partial charge in [-0.1, -0.05) is 13.8 Å². The van der Waals surface area contributed by atoms with E-state index in [1.54, 1.807) is 11.3 Å². The number of thiazole rings is 1. The molecular weight excluding hydrogens is 288 g/mol. The number of rotatable bonds is 4. The Balaban J connectivity index is 2.00. The third-order valence-corrected chi connectivity index (χ3v) is 5.74. The van der Waals surface area contributed by atoms with Crippen molar-refractivity contribution < 1.29 is 5.11 Å². The standard InChI is InChI=1S/C15H20N2OS2/c1-10(2)13-9-20-15(17(13)6-7-18)16-12-4-3-11-5-8-19-14(11)12/h5,8-10,12,18H,3-4,6-7H2,1-2H3. The van der Waals surface area contributed by atoms with Gasteiger partial charge in [0.25, 0.3) is 0 Å². The molecule has 20 heavy (non-hydrogen) atoms. The minimum absolute atomic E-state index is 0.165. The number of nitrogens with zero attached hydrogens (tertiary/aromatic N) is 2. The van der Waals surface area contributed by atoms with E-state index in [0.29, 0.717) is 18.5 Å². The van der Waals surface area contributed by atoms with Crippen LogP contribution in [-0.4, -0.2) is 16.3 Å². The van der Waals surface area contributed by atoms with Crippen molar-refractivity contribution in [3.8, 4) is 0 Å². The van der Waals surface area contributed by atoms with Gasteiger partial charge in [0.1, 0.15) is 0 Å². The third kappa shape index (κ3) is 2.50. The fourth-order valence-corrected chi connectivity index (χ4v) is 4.92. The molecule has 1 aliphatic carbocycles. The highest BCUT2D eigenvalue weighted by atomic mass is 32.1. The number of thiophene rings is 1. The number of aliphatic hydroxyl groups excluding tert-OH is 1. The molecule has 0 aromatic carbocycles. The molecule has 0 saturated carbocycles. The maximum Gasteiger partial charge on any atom is 0.185 e. The van der Waals surface area contributed by atoms with E-state index in [1.165, 1.54) is 16.1 Å². The van der Waals surface area contributed by atoms with Crippen LogP contribution in [0.15, 0.2) is 21.8 Å². The molecule has 0 radical (unpaired) electrons. The lowest BCUT2D eigenvalue weighted by Crippen LogP contribution is -2.21. The molecule has 0 amide bonds. The van der Waals surface area contributed by atoms with Gasteiger partial charge in [0, 0.05) is 22.5 Å². The SMILES string of the molecule is CC(C)c1csc(=NC2CCc3ccsc32)n1CCO. The van der Waals surface area contributed by atoms with Gasteiger partial charge in [-0.15, -0.1) is 22.7 Å². The molecule has 0 spiro atoms. The van der Waals surface area contributed by atoms with Crippen LogP contribution in [-0.2, 0) is 13.0 Å². The van der Waals surface area contributed by atoms with Crippen molar-refractivity contribution in [1.29, 1.82) is 0 Å². The van der Waals surface area contributed by atoms with Crippen LogP contribution >= 0.6 is 22.7 Å². The van der Waals surface area contributed by atoms with E-state index in [4.69, 9.17) is 4.99 Å². The fraction of sp³-hybridized carbons (Fsp3) is 0.533. The summed E-state index contributed by atoms with van der Waals surface area (Å²) < 4.78 is 2.18. The predicted molar refractivity (Wildman–Crippen MR) is 84.4 cm³/mol. The Morgan fingerprint density at radius 2 is 2.30 bits per heavy atom. The van der Waals surface area contributed by atoms with Crippen LogP contribution in [0, 0.1) is 0 Å². The van der Waals surface area contributed by atoms with Crippen molar-refractivity contribution in [2.45, 2.75) is 45.2 Å². The van der Waals surface area contributed by atoms with E-state index >= 15 is 0 Å². The summed E-state index contributed by atoms with van der Waals surface area (Å²) in [6.07, 6.45) is 2.27. The number of aliphatic hydroxyl groups is 1. The fourth-order valence-electron chi connectivity index (χ4n) is 2.75. The largest absolute Gasteiger partial charge is 0.395 e. The Labute approximate surface area is 127 Å². The highest BCUT2D eigenvalue weighted by Gasteiger charge is 2.23. The van der Waals surface area contributed by atoms with Crippen LogP contribution in [0.25, 0.3) is 0 Å². The second-order valence-electron chi connectivity index (χ2n) is 5.47. The van der Waals surface area contributed by atoms with Crippen molar-refractivity contribution in [2.24, 2.45) is 4.99 Å². The topological polar surface area (TPSA) is 37.5 Å². The molecular formula is C15H20N2OS2. The quantitative estimate of drug-likeness (QED) is 0.924. The molecule has 1 aliphatic rings. The van der Waals surface area contributed by atoms with Gasteiger partial charge in [0.2, 0.25) is 0 Å². The summed E-state index contributed by atoms with van der Waals surface area (Å²) in [6, 6.07) is 2.54. The zero-order valence-corrected chi connectivity index (χ0v) is 13.5. The minimum Gasteiger partial charge on any atom is -0.395 e. The molecule has 5 heteroatoms. The van der Waals surface area contributed by atoms with Crippen LogP contribution in [0.4, 0.5) is 0 Å². The Morgan fingerprint density at radius 1 is 1.45 bits per heavy atom. The second-order valence-corrected chi connectivity index (χ2v) is 7.25. The van der Waals surface area contributed by atoms with E-state index in [0.717, 1.165) is 17.6 Å². The van der Waals surface area contributed by atoms with E-state index in [9.17, 15) is 5.11 Å². The van der Waals surface area contributed by atoms with E-state index in [2.05, 4.69) is 35.2 Å². The van der Waals surface area contributed by atoms with Gasteiger partial charge in [-0.3, -0.25) is 0 Å². The lowest BCUT2D eigenvalue weighted by atomic mass is 10.1. The van der Waals surface area contributed by atoms with Gasteiger partial charge in [0.15, 0.2) is 4.80 Å². The zero-order valence-electron chi connectivity index (χ0n) is 11.9. The molecule has 0 saturated heterocycles. The molecule has 1 N–H and O–H groups in total. The molecule has 108 valence electrons. The number of hydrogen-bond donors (Lipinski definition) is 1. The zero-order chi connectivity index (χ0) is 14.1. The number of hydrogen-bond acceptors (Lipinski definition) is 4. The lowest BCUT2D eigenvalue weighted by molar-refractivity contribution is 0.272. The molecule has 0 bridgehead atoms. The molecule has 3 rings (SSSR count). The number of fused-ring (bicyclic) bond motifs is 1. The monoisotopic (exact) mass is 308 g/mol. The highest BCUT2D eigenvalue weighted by molar-refractivity contribution is 7.10. The van der Waals surface area contributed by atoms with Gasteiger partial charge in [-0.05, 0) is 35.8 Å². The average Bonchev–Trinajstić information content (AvgIpc) is 3.08. The molecule has 0 fully saturated rings. The highest BCUT2D eigenvalue weighted by Crippen LogP contribution is 2.37. The lowest BCUT2D eigenvalue weighted by Gasteiger charge is -2.10. The molecule has 1 atom stereocenters. The van der Waals surface area contributed by atoms with Crippen LogP contribution < -0.4 is 4.80 Å². The molecule has 2 aromatic heterocycles. The molecule has 1 unspecified atom stereocenters. The molecule has 0 aliphatic heterocycles. The Hall–Kier alpha value is -0.910. The molecule has 2 aromatic rings. The smallest absolute Gasteiger partial charge is 0.185 e. The Morgan fingerprint density at radius 3 is 3.05 bits per heavy atom.